The van der Waals surface area contributed by atoms with Crippen molar-refractivity contribution in [3.8, 4) is 0 Å². The molecule has 4 aromatic rings. The molecule has 4 heterocycles. The molecule has 1 amide bonds. The molecule has 10 nitrogen and oxygen atoms in total. The Bertz CT molecular complexity index is 1340. The van der Waals surface area contributed by atoms with Gasteiger partial charge in [-0.15, -0.1) is 21.5 Å². The highest BCUT2D eigenvalue weighted by Crippen LogP contribution is 2.29. The summed E-state index contributed by atoms with van der Waals surface area (Å²) in [5.74, 6) is 0.174. The molecule has 0 saturated carbocycles. The normalized spacial score (nSPS) is 14.5. The summed E-state index contributed by atoms with van der Waals surface area (Å²) in [7, 11) is 0. The van der Waals surface area contributed by atoms with Gasteiger partial charge in [0.15, 0.2) is 5.82 Å². The van der Waals surface area contributed by atoms with Gasteiger partial charge in [-0.1, -0.05) is 29.8 Å². The first-order valence-electron chi connectivity index (χ1n) is 9.80. The topological polar surface area (TPSA) is 128 Å². The molecule has 3 aromatic heterocycles. The maximum absolute atomic E-state index is 13.0. The molecular formula is C20H19N7O3S. The lowest BCUT2D eigenvalue weighted by Crippen LogP contribution is -2.31. The molecule has 2 N–H and O–H groups in total. The molecule has 0 saturated heterocycles. The maximum atomic E-state index is 13.0. The van der Waals surface area contributed by atoms with Crippen molar-refractivity contribution in [2.45, 2.75) is 32.5 Å². The number of benzene rings is 1. The number of aryl methyl sites for hydroxylation is 1. The average molecular weight is 437 g/mol. The van der Waals surface area contributed by atoms with Gasteiger partial charge in [0, 0.05) is 6.54 Å². The van der Waals surface area contributed by atoms with E-state index in [1.165, 1.54) is 27.0 Å². The zero-order valence-corrected chi connectivity index (χ0v) is 17.5. The number of aliphatic hydroxyl groups is 1. The van der Waals surface area contributed by atoms with E-state index in [1.54, 1.807) is 0 Å². The first-order chi connectivity index (χ1) is 15.0. The van der Waals surface area contributed by atoms with E-state index in [4.69, 9.17) is 0 Å². The average Bonchev–Trinajstić information content (AvgIpc) is 3.36. The summed E-state index contributed by atoms with van der Waals surface area (Å²) in [6.07, 6.45) is 1.27. The highest BCUT2D eigenvalue weighted by atomic mass is 32.1. The number of aromatic nitrogens is 6. The predicted molar refractivity (Wildman–Crippen MR) is 113 cm³/mol. The molecule has 1 aromatic carbocycles. The predicted octanol–water partition coefficient (Wildman–Crippen LogP) is 0.821. The molecule has 0 bridgehead atoms. The summed E-state index contributed by atoms with van der Waals surface area (Å²) >= 11 is 1.23. The van der Waals surface area contributed by atoms with Crippen LogP contribution in [-0.2, 0) is 19.5 Å². The van der Waals surface area contributed by atoms with Crippen molar-refractivity contribution in [1.82, 2.24) is 35.1 Å². The number of nitrogens with one attached hydrogen (secondary N) is 1. The lowest BCUT2D eigenvalue weighted by atomic mass is 10.1. The van der Waals surface area contributed by atoms with Crippen LogP contribution in [-0.4, -0.2) is 47.3 Å². The number of carbonyl (C=O) groups excluding carboxylic acids is 1. The summed E-state index contributed by atoms with van der Waals surface area (Å²) in [5.41, 5.74) is 2.41. The summed E-state index contributed by atoms with van der Waals surface area (Å²) in [6.45, 7) is 2.73. The maximum Gasteiger partial charge on any atom is 0.262 e. The van der Waals surface area contributed by atoms with E-state index in [0.717, 1.165) is 16.7 Å². The minimum Gasteiger partial charge on any atom is -0.386 e. The van der Waals surface area contributed by atoms with E-state index in [1.807, 2.05) is 31.2 Å². The number of hydrogen-bond acceptors (Lipinski definition) is 8. The smallest absolute Gasteiger partial charge is 0.262 e. The molecule has 31 heavy (non-hydrogen) atoms. The molecule has 1 atom stereocenters. The van der Waals surface area contributed by atoms with Crippen LogP contribution in [0, 0.1) is 6.92 Å². The quantitative estimate of drug-likeness (QED) is 0.473. The molecule has 0 unspecified atom stereocenters. The van der Waals surface area contributed by atoms with E-state index >= 15 is 0 Å². The van der Waals surface area contributed by atoms with Crippen LogP contribution in [0.25, 0.3) is 10.2 Å². The fourth-order valence-corrected chi connectivity index (χ4v) is 4.71. The summed E-state index contributed by atoms with van der Waals surface area (Å²) in [4.78, 5) is 31.9. The van der Waals surface area contributed by atoms with Gasteiger partial charge in [-0.2, -0.15) is 4.80 Å². The van der Waals surface area contributed by atoms with Crippen LogP contribution < -0.4 is 10.9 Å². The number of aliphatic hydroxyl groups excluding tert-OH is 1. The lowest BCUT2D eigenvalue weighted by Gasteiger charge is -2.11. The van der Waals surface area contributed by atoms with Crippen molar-refractivity contribution in [3.63, 3.8) is 0 Å². The number of hydrogen-bond donors (Lipinski definition) is 2. The molecule has 0 fully saturated rings. The van der Waals surface area contributed by atoms with Gasteiger partial charge in [0.1, 0.15) is 10.9 Å². The second kappa shape index (κ2) is 7.67. The zero-order chi connectivity index (χ0) is 21.5. The van der Waals surface area contributed by atoms with Crippen molar-refractivity contribution in [1.29, 1.82) is 0 Å². The number of fused-ring (bicyclic) bond motifs is 3. The van der Waals surface area contributed by atoms with Gasteiger partial charge in [0.25, 0.3) is 11.5 Å². The fraction of sp³-hybridized carbons (Fsp3) is 0.300. The van der Waals surface area contributed by atoms with E-state index in [9.17, 15) is 14.7 Å². The van der Waals surface area contributed by atoms with Gasteiger partial charge >= 0.3 is 0 Å². The molecule has 0 radical (unpaired) electrons. The van der Waals surface area contributed by atoms with Gasteiger partial charge < -0.3 is 10.4 Å². The summed E-state index contributed by atoms with van der Waals surface area (Å²) < 4.78 is 1.42. The summed E-state index contributed by atoms with van der Waals surface area (Å²) in [6, 6.07) is 7.59. The van der Waals surface area contributed by atoms with Gasteiger partial charge in [-0.3, -0.25) is 14.2 Å². The van der Waals surface area contributed by atoms with Crippen molar-refractivity contribution in [3.05, 3.63) is 68.3 Å². The Labute approximate surface area is 180 Å². The van der Waals surface area contributed by atoms with Gasteiger partial charge in [-0.25, -0.2) is 4.98 Å². The van der Waals surface area contributed by atoms with Crippen molar-refractivity contribution in [2.24, 2.45) is 0 Å². The van der Waals surface area contributed by atoms with Crippen molar-refractivity contribution < 1.29 is 9.90 Å². The monoisotopic (exact) mass is 437 g/mol. The molecule has 1 aliphatic rings. The fourth-order valence-electron chi connectivity index (χ4n) is 3.62. The third kappa shape index (κ3) is 3.62. The molecule has 0 spiro atoms. The second-order valence-electron chi connectivity index (χ2n) is 7.46. The number of thiophene rings is 1. The Morgan fingerprint density at radius 2 is 2.06 bits per heavy atom. The third-order valence-electron chi connectivity index (χ3n) is 5.25. The number of rotatable bonds is 5. The molecular weight excluding hydrogens is 418 g/mol. The van der Waals surface area contributed by atoms with E-state index in [0.29, 0.717) is 33.9 Å². The number of amides is 1. The largest absolute Gasteiger partial charge is 0.386 e. The number of tetrazole rings is 1. The molecule has 5 rings (SSSR count). The highest BCUT2D eigenvalue weighted by Gasteiger charge is 2.25. The van der Waals surface area contributed by atoms with Crippen molar-refractivity contribution in [2.75, 3.05) is 6.54 Å². The minimum atomic E-state index is -0.771. The Hall–Kier alpha value is -3.44. The molecule has 0 aliphatic carbocycles. The Balaban J connectivity index is 1.38. The number of carbonyl (C=O) groups is 1. The van der Waals surface area contributed by atoms with Crippen LogP contribution in [0.4, 0.5) is 0 Å². The Kier molecular flexibility index (Phi) is 4.83. The number of nitrogens with zero attached hydrogens (tertiary/aromatic N) is 6. The van der Waals surface area contributed by atoms with Crippen LogP contribution in [0.1, 0.15) is 38.3 Å². The van der Waals surface area contributed by atoms with Crippen molar-refractivity contribution >= 4 is 27.5 Å². The molecule has 1 aliphatic heterocycles. The molecule has 11 heteroatoms. The van der Waals surface area contributed by atoms with E-state index in [-0.39, 0.29) is 24.6 Å². The second-order valence-corrected chi connectivity index (χ2v) is 8.46. The first kappa shape index (κ1) is 19.5. The van der Waals surface area contributed by atoms with Gasteiger partial charge in [-0.05, 0) is 29.7 Å². The van der Waals surface area contributed by atoms with Gasteiger partial charge in [0.2, 0.25) is 0 Å². The zero-order valence-electron chi connectivity index (χ0n) is 16.6. The van der Waals surface area contributed by atoms with Crippen LogP contribution in [0.15, 0.2) is 35.4 Å². The van der Waals surface area contributed by atoms with Crippen LogP contribution >= 0.6 is 11.3 Å². The van der Waals surface area contributed by atoms with E-state index < -0.39 is 6.10 Å². The standard InChI is InChI=1S/C20H19N7O3S/c1-11-2-4-12(5-3-11)14(28)8-27-24-15(23-25-27)9-26-10-22-19-16(20(26)30)13-6-7-21-18(29)17(13)31-19/h2-5,10,14,28H,6-9H2,1H3,(H,21,29)/t14-/m0/s1. The van der Waals surface area contributed by atoms with Crippen LogP contribution in [0.2, 0.25) is 0 Å². The van der Waals surface area contributed by atoms with E-state index in [2.05, 4.69) is 25.7 Å². The first-order valence-corrected chi connectivity index (χ1v) is 10.6. The van der Waals surface area contributed by atoms with Gasteiger partial charge in [0.05, 0.1) is 29.7 Å². The minimum absolute atomic E-state index is 0.0964. The SMILES string of the molecule is Cc1ccc([C@@H](O)Cn2nnc(Cn3cnc4sc5c(c4c3=O)CCNC5=O)n2)cc1. The molecule has 158 valence electrons. The lowest BCUT2D eigenvalue weighted by molar-refractivity contribution is 0.0950. The Morgan fingerprint density at radius 3 is 2.87 bits per heavy atom. The van der Waals surface area contributed by atoms with Crippen LogP contribution in [0.3, 0.4) is 0 Å². The third-order valence-corrected chi connectivity index (χ3v) is 6.39. The summed E-state index contributed by atoms with van der Waals surface area (Å²) in [5, 5.41) is 26.0. The highest BCUT2D eigenvalue weighted by molar-refractivity contribution is 7.20. The van der Waals surface area contributed by atoms with Crippen LogP contribution in [0.5, 0.6) is 0 Å². The Morgan fingerprint density at radius 1 is 1.26 bits per heavy atom.